The first kappa shape index (κ1) is 30.1. The van der Waals surface area contributed by atoms with Crippen LogP contribution in [-0.2, 0) is 0 Å². The topological polar surface area (TPSA) is 0 Å². The van der Waals surface area contributed by atoms with Crippen molar-refractivity contribution in [2.75, 3.05) is 31.8 Å². The van der Waals surface area contributed by atoms with Crippen molar-refractivity contribution < 1.29 is 0 Å². The predicted octanol–water partition coefficient (Wildman–Crippen LogP) is 8.94. The van der Waals surface area contributed by atoms with Gasteiger partial charge in [0, 0.05) is 25.6 Å². The Kier molecular flexibility index (Phi) is 18.0. The van der Waals surface area contributed by atoms with Crippen LogP contribution in [0.5, 0.6) is 0 Å². The van der Waals surface area contributed by atoms with Gasteiger partial charge in [0.2, 0.25) is 0 Å². The zero-order chi connectivity index (χ0) is 21.1. The first-order valence-corrected chi connectivity index (χ1v) is 21.3. The van der Waals surface area contributed by atoms with Crippen molar-refractivity contribution in [1.29, 1.82) is 0 Å². The summed E-state index contributed by atoms with van der Waals surface area (Å²) in [5.41, 5.74) is 0. The molecule has 2 aliphatic rings. The summed E-state index contributed by atoms with van der Waals surface area (Å²) >= 11 is 38.9. The molecule has 2 saturated heterocycles. The van der Waals surface area contributed by atoms with Crippen molar-refractivity contribution in [3.05, 3.63) is 0 Å². The van der Waals surface area contributed by atoms with E-state index in [0.29, 0.717) is 22.2 Å². The van der Waals surface area contributed by atoms with Crippen molar-refractivity contribution in [3.8, 4) is 0 Å². The molecule has 0 aromatic carbocycles. The summed E-state index contributed by atoms with van der Waals surface area (Å²) in [4.78, 5) is 0. The largest absolute Gasteiger partial charge is 0.168 e. The summed E-state index contributed by atoms with van der Waals surface area (Å²) in [5.74, 6) is 2.51. The third-order valence-corrected chi connectivity index (χ3v) is 21.8. The van der Waals surface area contributed by atoms with E-state index in [-0.39, 0.29) is 3.41 Å². The average Bonchev–Trinajstić information content (AvgIpc) is 2.69. The van der Waals surface area contributed by atoms with E-state index >= 15 is 0 Å². The van der Waals surface area contributed by atoms with Crippen LogP contribution in [-0.4, -0.2) is 57.5 Å². The minimum atomic E-state index is 0.0805. The molecule has 0 spiro atoms. The van der Waals surface area contributed by atoms with Crippen molar-refractivity contribution in [2.24, 2.45) is 0 Å². The van der Waals surface area contributed by atoms with Gasteiger partial charge in [0.1, 0.15) is 3.41 Å². The van der Waals surface area contributed by atoms with Gasteiger partial charge in [-0.15, -0.1) is 118 Å². The third kappa shape index (κ3) is 10.8. The Morgan fingerprint density at radius 1 is 0.828 bits per heavy atom. The number of hydrogen-bond acceptors (Lipinski definition) is 14. The minimum Gasteiger partial charge on any atom is -0.168 e. The van der Waals surface area contributed by atoms with Gasteiger partial charge in [-0.2, -0.15) is 50.5 Å². The molecule has 5 unspecified atom stereocenters. The smallest absolute Gasteiger partial charge is 0.122 e. The molecule has 0 nitrogen and oxygen atoms in total. The van der Waals surface area contributed by atoms with Crippen LogP contribution < -0.4 is 0 Å². The van der Waals surface area contributed by atoms with E-state index in [4.69, 9.17) is 0 Å². The highest BCUT2D eigenvalue weighted by Gasteiger charge is 2.43. The Bertz CT molecular complexity index is 429. The molecule has 5 atom stereocenters. The molecular formula is C15H28S14. The summed E-state index contributed by atoms with van der Waals surface area (Å²) in [7, 11) is 0. The van der Waals surface area contributed by atoms with E-state index in [9.17, 15) is 0 Å². The molecule has 29 heavy (non-hydrogen) atoms. The van der Waals surface area contributed by atoms with E-state index in [1.807, 2.05) is 47.0 Å². The second-order valence-corrected chi connectivity index (χ2v) is 24.5. The number of thiol groups is 4. The van der Waals surface area contributed by atoms with E-state index in [1.54, 1.807) is 0 Å². The highest BCUT2D eigenvalue weighted by molar-refractivity contribution is 8.45. The average molecular weight is 657 g/mol. The maximum atomic E-state index is 4.63. The van der Waals surface area contributed by atoms with Crippen molar-refractivity contribution in [1.82, 2.24) is 0 Å². The summed E-state index contributed by atoms with van der Waals surface area (Å²) in [6, 6.07) is 0. The maximum absolute atomic E-state index is 4.63. The van der Waals surface area contributed by atoms with Gasteiger partial charge in [0.05, 0.1) is 17.0 Å². The van der Waals surface area contributed by atoms with E-state index < -0.39 is 0 Å². The molecule has 0 aromatic heterocycles. The fourth-order valence-electron chi connectivity index (χ4n) is 2.53. The summed E-state index contributed by atoms with van der Waals surface area (Å²) < 4.78 is 2.63. The van der Waals surface area contributed by atoms with Crippen LogP contribution in [0, 0.1) is 0 Å². The van der Waals surface area contributed by atoms with Crippen LogP contribution in [0.25, 0.3) is 0 Å². The van der Waals surface area contributed by atoms with Crippen LogP contribution >= 0.6 is 168 Å². The van der Waals surface area contributed by atoms with E-state index in [2.05, 4.69) is 128 Å². The zero-order valence-electron chi connectivity index (χ0n) is 15.9. The Morgan fingerprint density at radius 2 is 1.34 bits per heavy atom. The van der Waals surface area contributed by atoms with Gasteiger partial charge in [0.15, 0.2) is 0 Å². The predicted molar refractivity (Wildman–Crippen MR) is 178 cm³/mol. The van der Waals surface area contributed by atoms with Gasteiger partial charge in [0.25, 0.3) is 0 Å². The normalized spacial score (nSPS) is 29.7. The van der Waals surface area contributed by atoms with Gasteiger partial charge in [-0.25, -0.2) is 0 Å². The lowest BCUT2D eigenvalue weighted by Crippen LogP contribution is -2.32. The minimum absolute atomic E-state index is 0.0805. The molecule has 0 N–H and O–H groups in total. The highest BCUT2D eigenvalue weighted by Crippen LogP contribution is 2.62. The lowest BCUT2D eigenvalue weighted by molar-refractivity contribution is 1.03. The Morgan fingerprint density at radius 3 is 1.86 bits per heavy atom. The third-order valence-electron chi connectivity index (χ3n) is 3.87. The van der Waals surface area contributed by atoms with Gasteiger partial charge >= 0.3 is 0 Å². The molecule has 2 fully saturated rings. The molecule has 0 radical (unpaired) electrons. The zero-order valence-corrected chi connectivity index (χ0v) is 27.7. The lowest BCUT2D eigenvalue weighted by Gasteiger charge is -2.42. The standard InChI is InChI=1S/C15H28S14/c1-10(26-13-20-4-2-11(27-13)22-6-16)15(24-8-18,25-9-19)29-14-21-5-3-12(28-14)23-7-17/h10-14,16-19H,2-9H2,1H3. The monoisotopic (exact) mass is 656 g/mol. The molecule has 2 rings (SSSR count). The quantitative estimate of drug-likeness (QED) is 0.112. The fraction of sp³-hybridized carbons (Fsp3) is 1.00. The molecule has 2 aliphatic heterocycles. The Labute approximate surface area is 242 Å². The number of hydrogen-bond donors (Lipinski definition) is 4. The number of thioether (sulfide) groups is 10. The summed E-state index contributed by atoms with van der Waals surface area (Å²) in [5, 5.41) is 4.04. The lowest BCUT2D eigenvalue weighted by atomic mass is 10.5. The first-order chi connectivity index (χ1) is 14.1. The van der Waals surface area contributed by atoms with Gasteiger partial charge < -0.3 is 0 Å². The van der Waals surface area contributed by atoms with Crippen molar-refractivity contribution in [2.45, 2.75) is 45.4 Å². The van der Waals surface area contributed by atoms with Crippen LogP contribution in [0.15, 0.2) is 0 Å². The molecule has 0 aliphatic carbocycles. The molecule has 0 bridgehead atoms. The van der Waals surface area contributed by atoms with Crippen molar-refractivity contribution in [3.63, 3.8) is 0 Å². The Balaban J connectivity index is 2.04. The van der Waals surface area contributed by atoms with Crippen LogP contribution in [0.1, 0.15) is 19.8 Å². The van der Waals surface area contributed by atoms with E-state index in [1.165, 1.54) is 24.3 Å². The second-order valence-electron chi connectivity index (χ2n) is 5.67. The highest BCUT2D eigenvalue weighted by atomic mass is 32.3. The number of rotatable bonds is 13. The molecule has 172 valence electrons. The van der Waals surface area contributed by atoms with Gasteiger partial charge in [-0.3, -0.25) is 0 Å². The van der Waals surface area contributed by atoms with Crippen LogP contribution in [0.2, 0.25) is 0 Å². The van der Waals surface area contributed by atoms with Gasteiger partial charge in [-0.1, -0.05) is 6.92 Å². The molecule has 0 saturated carbocycles. The maximum Gasteiger partial charge on any atom is 0.122 e. The SMILES string of the molecule is CC(SC1SCCC(SCS)S1)C(SCS)(SCS)SC1SCCC(SCS)S1. The Hall–Kier alpha value is 4.90. The molecular weight excluding hydrogens is 629 g/mol. The van der Waals surface area contributed by atoms with E-state index in [0.717, 1.165) is 20.3 Å². The summed E-state index contributed by atoms with van der Waals surface area (Å²) in [6.07, 6.45) is 2.58. The molecule has 2 heterocycles. The fourth-order valence-corrected chi connectivity index (χ4v) is 24.8. The molecule has 0 aromatic rings. The van der Waals surface area contributed by atoms with Crippen LogP contribution in [0.3, 0.4) is 0 Å². The molecule has 0 amide bonds. The van der Waals surface area contributed by atoms with Gasteiger partial charge in [-0.05, 0) is 24.3 Å². The summed E-state index contributed by atoms with van der Waals surface area (Å²) in [6.45, 7) is 2.43. The first-order valence-electron chi connectivity index (χ1n) is 8.88. The molecule has 14 heteroatoms. The second kappa shape index (κ2) is 17.4. The van der Waals surface area contributed by atoms with Crippen LogP contribution in [0.4, 0.5) is 0 Å². The van der Waals surface area contributed by atoms with Crippen molar-refractivity contribution >= 4 is 168 Å².